The van der Waals surface area contributed by atoms with Crippen LogP contribution in [0.5, 0.6) is 5.75 Å². The number of carbonyl (C=O) groups excluding carboxylic acids is 2. The molecule has 2 aromatic carbocycles. The fourth-order valence-electron chi connectivity index (χ4n) is 2.48. The molecule has 0 saturated carbocycles. The average Bonchev–Trinajstić information content (AvgIpc) is 3.14. The average molecular weight is 428 g/mol. The Kier molecular flexibility index (Phi) is 7.26. The van der Waals surface area contributed by atoms with Crippen LogP contribution in [0.25, 0.3) is 0 Å². The Morgan fingerprint density at radius 2 is 1.93 bits per heavy atom. The summed E-state index contributed by atoms with van der Waals surface area (Å²) in [5, 5.41) is 5.55. The van der Waals surface area contributed by atoms with Crippen molar-refractivity contribution in [2.75, 3.05) is 11.1 Å². The van der Waals surface area contributed by atoms with Gasteiger partial charge in [0.25, 0.3) is 0 Å². The number of rotatable bonds is 9. The van der Waals surface area contributed by atoms with Gasteiger partial charge >= 0.3 is 0 Å². The van der Waals surface area contributed by atoms with Crippen LogP contribution in [0.3, 0.4) is 0 Å². The lowest BCUT2D eigenvalue weighted by Gasteiger charge is -2.09. The Bertz CT molecular complexity index is 987. The number of amides is 2. The number of nitrogens with zero attached hydrogens (tertiary/aromatic N) is 1. The number of carbonyl (C=O) groups is 2. The van der Waals surface area contributed by atoms with Crippen molar-refractivity contribution in [1.29, 1.82) is 0 Å². The van der Waals surface area contributed by atoms with E-state index in [0.717, 1.165) is 15.7 Å². The third kappa shape index (κ3) is 6.62. The zero-order valence-electron chi connectivity index (χ0n) is 15.9. The second kappa shape index (κ2) is 10.1. The van der Waals surface area contributed by atoms with Crippen LogP contribution in [0, 0.1) is 6.92 Å². The molecule has 1 aromatic heterocycles. The third-order valence-electron chi connectivity index (χ3n) is 3.86. The highest BCUT2D eigenvalue weighted by Crippen LogP contribution is 2.27. The van der Waals surface area contributed by atoms with Crippen LogP contribution in [0.15, 0.2) is 58.8 Å². The van der Waals surface area contributed by atoms with Gasteiger partial charge in [0.05, 0.1) is 23.6 Å². The third-order valence-corrected chi connectivity index (χ3v) is 5.82. The van der Waals surface area contributed by atoms with Gasteiger partial charge in [-0.1, -0.05) is 29.8 Å². The van der Waals surface area contributed by atoms with Gasteiger partial charge in [-0.25, -0.2) is 4.98 Å². The quantitative estimate of drug-likeness (QED) is 0.507. The highest BCUT2D eigenvalue weighted by molar-refractivity contribution is 8.00. The Hall–Kier alpha value is -2.84. The fourth-order valence-corrected chi connectivity index (χ4v) is 3.93. The standard InChI is InChI=1S/C21H21N3O3S2/c1-14-6-8-16(9-7-14)27-11-21-23-15(12-29-21)10-20(26)24-17-4-2-3-5-18(17)28-13-19(22)25/h2-9,12H,10-11,13H2,1H3,(H2,22,25)(H,24,26). The first-order valence-electron chi connectivity index (χ1n) is 8.92. The molecule has 0 spiro atoms. The SMILES string of the molecule is Cc1ccc(OCc2nc(CC(=O)Nc3ccccc3SCC(N)=O)cs2)cc1. The molecule has 150 valence electrons. The molecule has 0 atom stereocenters. The largest absolute Gasteiger partial charge is 0.486 e. The predicted molar refractivity (Wildman–Crippen MR) is 116 cm³/mol. The van der Waals surface area contributed by atoms with E-state index in [1.165, 1.54) is 28.7 Å². The van der Waals surface area contributed by atoms with Crippen molar-refractivity contribution in [1.82, 2.24) is 4.98 Å². The number of aromatic nitrogens is 1. The van der Waals surface area contributed by atoms with E-state index in [4.69, 9.17) is 10.5 Å². The monoisotopic (exact) mass is 427 g/mol. The Labute approximate surface area is 177 Å². The number of nitrogens with two attached hydrogens (primary N) is 1. The number of thiazole rings is 1. The van der Waals surface area contributed by atoms with Gasteiger partial charge in [-0.2, -0.15) is 0 Å². The van der Waals surface area contributed by atoms with Crippen LogP contribution in [-0.4, -0.2) is 22.6 Å². The molecular weight excluding hydrogens is 406 g/mol. The summed E-state index contributed by atoms with van der Waals surface area (Å²) < 4.78 is 5.73. The van der Waals surface area contributed by atoms with Gasteiger partial charge in [0.2, 0.25) is 11.8 Å². The molecular formula is C21H21N3O3S2. The zero-order chi connectivity index (χ0) is 20.6. The molecule has 0 aliphatic heterocycles. The first-order chi connectivity index (χ1) is 14.0. The van der Waals surface area contributed by atoms with Gasteiger partial charge in [0.15, 0.2) is 0 Å². The Morgan fingerprint density at radius 3 is 2.69 bits per heavy atom. The minimum atomic E-state index is -0.404. The molecule has 0 radical (unpaired) electrons. The molecule has 1 heterocycles. The summed E-state index contributed by atoms with van der Waals surface area (Å²) in [5.41, 5.74) is 7.72. The van der Waals surface area contributed by atoms with E-state index in [-0.39, 0.29) is 18.1 Å². The highest BCUT2D eigenvalue weighted by atomic mass is 32.2. The summed E-state index contributed by atoms with van der Waals surface area (Å²) in [4.78, 5) is 28.7. The van der Waals surface area contributed by atoms with Crippen LogP contribution in [0.2, 0.25) is 0 Å². The van der Waals surface area contributed by atoms with E-state index in [1.54, 1.807) is 6.07 Å². The second-order valence-electron chi connectivity index (χ2n) is 6.31. The first-order valence-corrected chi connectivity index (χ1v) is 10.8. The van der Waals surface area contributed by atoms with Crippen molar-refractivity contribution in [2.45, 2.75) is 24.8 Å². The molecule has 0 fully saturated rings. The van der Waals surface area contributed by atoms with Crippen molar-refractivity contribution >= 4 is 40.6 Å². The summed E-state index contributed by atoms with van der Waals surface area (Å²) in [7, 11) is 0. The predicted octanol–water partition coefficient (Wildman–Crippen LogP) is 3.79. The van der Waals surface area contributed by atoms with E-state index >= 15 is 0 Å². The molecule has 3 rings (SSSR count). The van der Waals surface area contributed by atoms with Crippen LogP contribution in [-0.2, 0) is 22.6 Å². The Balaban J connectivity index is 1.54. The van der Waals surface area contributed by atoms with Gasteiger partial charge in [-0.3, -0.25) is 9.59 Å². The molecule has 29 heavy (non-hydrogen) atoms. The minimum absolute atomic E-state index is 0.156. The number of benzene rings is 2. The minimum Gasteiger partial charge on any atom is -0.486 e. The number of para-hydroxylation sites is 1. The van der Waals surface area contributed by atoms with Gasteiger partial charge in [-0.05, 0) is 31.2 Å². The van der Waals surface area contributed by atoms with Crippen LogP contribution in [0.1, 0.15) is 16.3 Å². The second-order valence-corrected chi connectivity index (χ2v) is 8.27. The summed E-state index contributed by atoms with van der Waals surface area (Å²) in [6, 6.07) is 15.1. The van der Waals surface area contributed by atoms with E-state index in [9.17, 15) is 9.59 Å². The lowest BCUT2D eigenvalue weighted by Crippen LogP contribution is -2.16. The van der Waals surface area contributed by atoms with Crippen LogP contribution in [0.4, 0.5) is 5.69 Å². The van der Waals surface area contributed by atoms with Crippen molar-refractivity contribution in [3.05, 3.63) is 70.2 Å². The smallest absolute Gasteiger partial charge is 0.230 e. The molecule has 0 unspecified atom stereocenters. The molecule has 0 aliphatic rings. The van der Waals surface area contributed by atoms with Crippen molar-refractivity contribution in [3.8, 4) is 5.75 Å². The topological polar surface area (TPSA) is 94.3 Å². The number of ether oxygens (including phenoxy) is 1. The summed E-state index contributed by atoms with van der Waals surface area (Å²) in [5.74, 6) is 0.367. The molecule has 0 saturated heterocycles. The maximum atomic E-state index is 12.4. The maximum Gasteiger partial charge on any atom is 0.230 e. The number of aryl methyl sites for hydroxylation is 1. The maximum absolute atomic E-state index is 12.4. The van der Waals surface area contributed by atoms with Gasteiger partial charge < -0.3 is 15.8 Å². The molecule has 6 nitrogen and oxygen atoms in total. The number of thioether (sulfide) groups is 1. The van der Waals surface area contributed by atoms with E-state index in [1.807, 2.05) is 54.8 Å². The molecule has 0 aliphatic carbocycles. The van der Waals surface area contributed by atoms with Gasteiger partial charge in [-0.15, -0.1) is 23.1 Å². The summed E-state index contributed by atoms with van der Waals surface area (Å²) in [6.45, 7) is 2.39. The molecule has 3 aromatic rings. The molecule has 3 N–H and O–H groups in total. The van der Waals surface area contributed by atoms with Crippen molar-refractivity contribution in [2.24, 2.45) is 5.73 Å². The van der Waals surface area contributed by atoms with E-state index < -0.39 is 5.91 Å². The molecule has 2 amide bonds. The highest BCUT2D eigenvalue weighted by Gasteiger charge is 2.11. The number of hydrogen-bond acceptors (Lipinski definition) is 6. The zero-order valence-corrected chi connectivity index (χ0v) is 17.5. The number of primary amides is 1. The first kappa shape index (κ1) is 20.9. The van der Waals surface area contributed by atoms with Crippen LogP contribution < -0.4 is 15.8 Å². The molecule has 0 bridgehead atoms. The van der Waals surface area contributed by atoms with Crippen molar-refractivity contribution in [3.63, 3.8) is 0 Å². The molecule has 8 heteroatoms. The van der Waals surface area contributed by atoms with E-state index in [0.29, 0.717) is 18.0 Å². The number of anilines is 1. The fraction of sp³-hybridized carbons (Fsp3) is 0.190. The summed E-state index contributed by atoms with van der Waals surface area (Å²) in [6.07, 6.45) is 0.163. The van der Waals surface area contributed by atoms with Crippen molar-refractivity contribution < 1.29 is 14.3 Å². The lowest BCUT2D eigenvalue weighted by molar-refractivity contribution is -0.116. The van der Waals surface area contributed by atoms with Gasteiger partial charge in [0.1, 0.15) is 17.4 Å². The number of nitrogens with one attached hydrogen (secondary N) is 1. The number of hydrogen-bond donors (Lipinski definition) is 2. The van der Waals surface area contributed by atoms with E-state index in [2.05, 4.69) is 10.3 Å². The van der Waals surface area contributed by atoms with Gasteiger partial charge in [0, 0.05) is 10.3 Å². The van der Waals surface area contributed by atoms with Crippen LogP contribution >= 0.6 is 23.1 Å². The lowest BCUT2D eigenvalue weighted by atomic mass is 10.2. The normalized spacial score (nSPS) is 10.5. The summed E-state index contributed by atoms with van der Waals surface area (Å²) >= 11 is 2.76. The Morgan fingerprint density at radius 1 is 1.17 bits per heavy atom.